The number of benzene rings is 1. The summed E-state index contributed by atoms with van der Waals surface area (Å²) in [7, 11) is 2.18. The molecule has 1 heterocycles. The molecule has 1 fully saturated rings. The van der Waals surface area contributed by atoms with Gasteiger partial charge >= 0.3 is 0 Å². The zero-order valence-corrected chi connectivity index (χ0v) is 10.7. The van der Waals surface area contributed by atoms with Crippen molar-refractivity contribution in [3.05, 3.63) is 24.3 Å². The topological polar surface area (TPSA) is 38.5 Å². The summed E-state index contributed by atoms with van der Waals surface area (Å²) in [5.74, 6) is 1.42. The minimum Gasteiger partial charge on any atom is -0.488 e. The van der Waals surface area contributed by atoms with Crippen LogP contribution in [0.15, 0.2) is 24.3 Å². The van der Waals surface area contributed by atoms with Crippen molar-refractivity contribution < 1.29 is 4.74 Å². The third-order valence-electron chi connectivity index (χ3n) is 3.56. The second kappa shape index (κ2) is 5.41. The second-order valence-electron chi connectivity index (χ2n) is 5.03. The fraction of sp³-hybridized carbons (Fsp3) is 0.571. The third kappa shape index (κ3) is 3.13. The Hall–Kier alpha value is -1.22. The molecule has 0 aromatic heterocycles. The largest absolute Gasteiger partial charge is 0.488 e. The molecule has 2 unspecified atom stereocenters. The molecule has 2 N–H and O–H groups in total. The molecule has 1 aromatic carbocycles. The van der Waals surface area contributed by atoms with Crippen LogP contribution < -0.4 is 10.5 Å². The van der Waals surface area contributed by atoms with Crippen molar-refractivity contribution in [2.45, 2.75) is 25.9 Å². The van der Waals surface area contributed by atoms with Gasteiger partial charge in [-0.25, -0.2) is 0 Å². The van der Waals surface area contributed by atoms with E-state index >= 15 is 0 Å². The molecule has 94 valence electrons. The summed E-state index contributed by atoms with van der Waals surface area (Å²) in [5, 5.41) is 0. The lowest BCUT2D eigenvalue weighted by Gasteiger charge is -2.33. The van der Waals surface area contributed by atoms with Crippen molar-refractivity contribution in [3.8, 4) is 5.75 Å². The van der Waals surface area contributed by atoms with Crippen molar-refractivity contribution in [2.75, 3.05) is 25.9 Å². The number of para-hydroxylation sites is 2. The van der Waals surface area contributed by atoms with Gasteiger partial charge in [-0.1, -0.05) is 12.1 Å². The highest BCUT2D eigenvalue weighted by molar-refractivity contribution is 5.51. The summed E-state index contributed by atoms with van der Waals surface area (Å²) >= 11 is 0. The third-order valence-corrected chi connectivity index (χ3v) is 3.56. The lowest BCUT2D eigenvalue weighted by Crippen LogP contribution is -2.39. The first kappa shape index (κ1) is 12.2. The standard InChI is InChI=1S/C14H22N2O/c1-11(12-6-5-9-16(2)10-12)17-14-8-4-3-7-13(14)15/h3-4,7-8,11-12H,5-6,9-10,15H2,1-2H3. The van der Waals surface area contributed by atoms with Crippen LogP contribution in [0, 0.1) is 5.92 Å². The number of piperidine rings is 1. The second-order valence-corrected chi connectivity index (χ2v) is 5.03. The van der Waals surface area contributed by atoms with Gasteiger partial charge in [-0.2, -0.15) is 0 Å². The molecule has 1 saturated heterocycles. The van der Waals surface area contributed by atoms with E-state index in [-0.39, 0.29) is 6.10 Å². The lowest BCUT2D eigenvalue weighted by molar-refractivity contribution is 0.0906. The average molecular weight is 234 g/mol. The molecule has 2 rings (SSSR count). The number of likely N-dealkylation sites (tertiary alicyclic amines) is 1. The molecular formula is C14H22N2O. The van der Waals surface area contributed by atoms with Crippen molar-refractivity contribution in [1.29, 1.82) is 0 Å². The predicted molar refractivity (Wildman–Crippen MR) is 71.2 cm³/mol. The Labute approximate surface area is 104 Å². The molecule has 0 amide bonds. The molecule has 0 radical (unpaired) electrons. The highest BCUT2D eigenvalue weighted by Gasteiger charge is 2.24. The number of rotatable bonds is 3. The quantitative estimate of drug-likeness (QED) is 0.816. The Balaban J connectivity index is 1.96. The molecule has 17 heavy (non-hydrogen) atoms. The Morgan fingerprint density at radius 1 is 1.41 bits per heavy atom. The number of nitrogens with zero attached hydrogens (tertiary/aromatic N) is 1. The normalized spacial score (nSPS) is 23.3. The summed E-state index contributed by atoms with van der Waals surface area (Å²) in [5.41, 5.74) is 6.62. The first-order valence-electron chi connectivity index (χ1n) is 6.36. The van der Waals surface area contributed by atoms with Crippen LogP contribution in [0.4, 0.5) is 5.69 Å². The number of anilines is 1. The van der Waals surface area contributed by atoms with Crippen molar-refractivity contribution in [2.24, 2.45) is 5.92 Å². The van der Waals surface area contributed by atoms with Crippen LogP contribution in [-0.2, 0) is 0 Å². The van der Waals surface area contributed by atoms with Crippen LogP contribution in [0.5, 0.6) is 5.75 Å². The Morgan fingerprint density at radius 3 is 2.88 bits per heavy atom. The van der Waals surface area contributed by atoms with E-state index in [1.54, 1.807) is 0 Å². The summed E-state index contributed by atoms with van der Waals surface area (Å²) in [6.45, 7) is 4.47. The van der Waals surface area contributed by atoms with E-state index in [1.165, 1.54) is 19.4 Å². The van der Waals surface area contributed by atoms with Gasteiger partial charge in [-0.15, -0.1) is 0 Å². The molecule has 0 saturated carbocycles. The smallest absolute Gasteiger partial charge is 0.142 e. The molecule has 0 spiro atoms. The van der Waals surface area contributed by atoms with Crippen LogP contribution in [0.25, 0.3) is 0 Å². The van der Waals surface area contributed by atoms with E-state index in [0.717, 1.165) is 18.0 Å². The summed E-state index contributed by atoms with van der Waals surface area (Å²) in [6.07, 6.45) is 2.74. The number of hydrogen-bond acceptors (Lipinski definition) is 3. The number of ether oxygens (including phenoxy) is 1. The molecular weight excluding hydrogens is 212 g/mol. The highest BCUT2D eigenvalue weighted by Crippen LogP contribution is 2.26. The maximum Gasteiger partial charge on any atom is 0.142 e. The fourth-order valence-electron chi connectivity index (χ4n) is 2.47. The van der Waals surface area contributed by atoms with Gasteiger partial charge < -0.3 is 15.4 Å². The number of hydrogen-bond donors (Lipinski definition) is 1. The monoisotopic (exact) mass is 234 g/mol. The summed E-state index contributed by atoms with van der Waals surface area (Å²) in [6, 6.07) is 7.72. The maximum atomic E-state index is 5.98. The van der Waals surface area contributed by atoms with Crippen LogP contribution in [0.2, 0.25) is 0 Å². The number of nitrogens with two attached hydrogens (primary N) is 1. The van der Waals surface area contributed by atoms with E-state index in [1.807, 2.05) is 24.3 Å². The lowest BCUT2D eigenvalue weighted by atomic mass is 9.93. The van der Waals surface area contributed by atoms with Crippen LogP contribution >= 0.6 is 0 Å². The zero-order valence-electron chi connectivity index (χ0n) is 10.7. The Kier molecular flexibility index (Phi) is 3.89. The van der Waals surface area contributed by atoms with Gasteiger partial charge in [0, 0.05) is 12.5 Å². The van der Waals surface area contributed by atoms with Gasteiger partial charge in [-0.05, 0) is 45.5 Å². The van der Waals surface area contributed by atoms with Crippen LogP contribution in [0.1, 0.15) is 19.8 Å². The molecule has 3 heteroatoms. The molecule has 0 bridgehead atoms. The molecule has 1 aromatic rings. The van der Waals surface area contributed by atoms with Crippen molar-refractivity contribution >= 4 is 5.69 Å². The van der Waals surface area contributed by atoms with Crippen LogP contribution in [-0.4, -0.2) is 31.1 Å². The minimum absolute atomic E-state index is 0.224. The SMILES string of the molecule is CC(Oc1ccccc1N)C1CCCN(C)C1. The van der Waals surface area contributed by atoms with Gasteiger partial charge in [0.15, 0.2) is 0 Å². The van der Waals surface area contributed by atoms with E-state index in [0.29, 0.717) is 5.92 Å². The van der Waals surface area contributed by atoms with E-state index in [4.69, 9.17) is 10.5 Å². The van der Waals surface area contributed by atoms with Crippen LogP contribution in [0.3, 0.4) is 0 Å². The van der Waals surface area contributed by atoms with E-state index < -0.39 is 0 Å². The molecule has 2 atom stereocenters. The van der Waals surface area contributed by atoms with E-state index in [2.05, 4.69) is 18.9 Å². The van der Waals surface area contributed by atoms with Crippen molar-refractivity contribution in [1.82, 2.24) is 4.90 Å². The number of nitrogen functional groups attached to an aromatic ring is 1. The molecule has 0 aliphatic carbocycles. The first-order chi connectivity index (χ1) is 8.16. The van der Waals surface area contributed by atoms with Gasteiger partial charge in [0.25, 0.3) is 0 Å². The van der Waals surface area contributed by atoms with Crippen molar-refractivity contribution in [3.63, 3.8) is 0 Å². The Bertz CT molecular complexity index is 367. The first-order valence-corrected chi connectivity index (χ1v) is 6.36. The summed E-state index contributed by atoms with van der Waals surface area (Å²) < 4.78 is 5.98. The zero-order chi connectivity index (χ0) is 12.3. The Morgan fingerprint density at radius 2 is 2.18 bits per heavy atom. The molecule has 1 aliphatic rings. The minimum atomic E-state index is 0.224. The fourth-order valence-corrected chi connectivity index (χ4v) is 2.47. The predicted octanol–water partition coefficient (Wildman–Crippen LogP) is 2.38. The van der Waals surface area contributed by atoms with Gasteiger partial charge in [0.2, 0.25) is 0 Å². The average Bonchev–Trinajstić information content (AvgIpc) is 2.32. The highest BCUT2D eigenvalue weighted by atomic mass is 16.5. The van der Waals surface area contributed by atoms with E-state index in [9.17, 15) is 0 Å². The van der Waals surface area contributed by atoms with Gasteiger partial charge in [-0.3, -0.25) is 0 Å². The summed E-state index contributed by atoms with van der Waals surface area (Å²) in [4.78, 5) is 2.38. The van der Waals surface area contributed by atoms with Gasteiger partial charge in [0.1, 0.15) is 11.9 Å². The molecule has 3 nitrogen and oxygen atoms in total. The van der Waals surface area contributed by atoms with Gasteiger partial charge in [0.05, 0.1) is 5.69 Å². The molecule has 1 aliphatic heterocycles. The maximum absolute atomic E-state index is 5.98.